The van der Waals surface area contributed by atoms with E-state index in [0.29, 0.717) is 31.2 Å². The Hall–Kier alpha value is -1.44. The van der Waals surface area contributed by atoms with Gasteiger partial charge in [-0.2, -0.15) is 0 Å². The van der Waals surface area contributed by atoms with E-state index in [2.05, 4.69) is 10.6 Å². The quantitative estimate of drug-likeness (QED) is 0.634. The fraction of sp³-hybridized carbons (Fsp3) is 0.625. The molecule has 128 valence electrons. The molecule has 1 aliphatic rings. The van der Waals surface area contributed by atoms with Gasteiger partial charge in [0.05, 0.1) is 17.6 Å². The summed E-state index contributed by atoms with van der Waals surface area (Å²) in [7, 11) is 0. The molecular weight excluding hydrogens is 316 g/mol. The average Bonchev–Trinajstić information content (AvgIpc) is 3.23. The second kappa shape index (κ2) is 10.4. The fourth-order valence-electron chi connectivity index (χ4n) is 2.27. The molecule has 1 atom stereocenters. The lowest BCUT2D eigenvalue weighted by atomic mass is 10.2. The topological polar surface area (TPSA) is 76.7 Å². The number of carbonyl (C=O) groups is 2. The molecule has 7 heteroatoms. The molecule has 0 radical (unpaired) electrons. The second-order valence-corrected chi connectivity index (χ2v) is 6.34. The van der Waals surface area contributed by atoms with Gasteiger partial charge < -0.3 is 20.1 Å². The van der Waals surface area contributed by atoms with Crippen LogP contribution in [0.1, 0.15) is 35.4 Å². The molecule has 23 heavy (non-hydrogen) atoms. The zero-order valence-corrected chi connectivity index (χ0v) is 14.0. The third kappa shape index (κ3) is 7.11. The first kappa shape index (κ1) is 17.9. The number of thiophene rings is 1. The standard InChI is InChI=1S/C16H24N2O4S/c19-15(6-8-18-16(20)14-5-2-11-23-14)17-7-3-9-21-12-13-4-1-10-22-13/h2,5,11,13H,1,3-4,6-10,12H2,(H,17,19)(H,18,20)/t13-/m0/s1. The summed E-state index contributed by atoms with van der Waals surface area (Å²) in [6.45, 7) is 3.03. The fourth-order valence-corrected chi connectivity index (χ4v) is 2.91. The number of hydrogen-bond acceptors (Lipinski definition) is 5. The van der Waals surface area contributed by atoms with E-state index in [-0.39, 0.29) is 24.3 Å². The summed E-state index contributed by atoms with van der Waals surface area (Å²) in [6, 6.07) is 3.59. The molecule has 1 aromatic heterocycles. The van der Waals surface area contributed by atoms with E-state index >= 15 is 0 Å². The summed E-state index contributed by atoms with van der Waals surface area (Å²) in [5.41, 5.74) is 0. The minimum absolute atomic E-state index is 0.0596. The van der Waals surface area contributed by atoms with Crippen LogP contribution in [0.5, 0.6) is 0 Å². The van der Waals surface area contributed by atoms with E-state index < -0.39 is 0 Å². The molecule has 1 saturated heterocycles. The van der Waals surface area contributed by atoms with Crippen LogP contribution in [0.2, 0.25) is 0 Å². The van der Waals surface area contributed by atoms with Crippen molar-refractivity contribution in [3.8, 4) is 0 Å². The molecule has 2 N–H and O–H groups in total. The van der Waals surface area contributed by atoms with Crippen LogP contribution in [0.15, 0.2) is 17.5 Å². The molecule has 0 bridgehead atoms. The van der Waals surface area contributed by atoms with Crippen LogP contribution in [0, 0.1) is 0 Å². The largest absolute Gasteiger partial charge is 0.379 e. The molecule has 6 nitrogen and oxygen atoms in total. The summed E-state index contributed by atoms with van der Waals surface area (Å²) in [4.78, 5) is 24.0. The van der Waals surface area contributed by atoms with Crippen LogP contribution >= 0.6 is 11.3 Å². The summed E-state index contributed by atoms with van der Waals surface area (Å²) < 4.78 is 11.0. The smallest absolute Gasteiger partial charge is 0.261 e. The summed E-state index contributed by atoms with van der Waals surface area (Å²) >= 11 is 1.38. The van der Waals surface area contributed by atoms with Gasteiger partial charge in [0.1, 0.15) is 0 Å². The van der Waals surface area contributed by atoms with Gasteiger partial charge in [-0.3, -0.25) is 9.59 Å². The van der Waals surface area contributed by atoms with Crippen LogP contribution in [-0.4, -0.2) is 50.8 Å². The highest BCUT2D eigenvalue weighted by atomic mass is 32.1. The predicted molar refractivity (Wildman–Crippen MR) is 88.7 cm³/mol. The van der Waals surface area contributed by atoms with Crippen molar-refractivity contribution in [2.45, 2.75) is 31.8 Å². The van der Waals surface area contributed by atoms with Crippen molar-refractivity contribution in [2.75, 3.05) is 32.9 Å². The van der Waals surface area contributed by atoms with E-state index in [1.54, 1.807) is 6.07 Å². The van der Waals surface area contributed by atoms with Gasteiger partial charge in [-0.25, -0.2) is 0 Å². The minimum Gasteiger partial charge on any atom is -0.379 e. The summed E-state index contributed by atoms with van der Waals surface area (Å²) in [5, 5.41) is 7.40. The van der Waals surface area contributed by atoms with Crippen molar-refractivity contribution < 1.29 is 19.1 Å². The van der Waals surface area contributed by atoms with E-state index in [1.807, 2.05) is 11.4 Å². The molecule has 2 amide bonds. The van der Waals surface area contributed by atoms with Gasteiger partial charge in [0.2, 0.25) is 5.91 Å². The first-order valence-corrected chi connectivity index (χ1v) is 8.91. The van der Waals surface area contributed by atoms with E-state index in [1.165, 1.54) is 11.3 Å². The van der Waals surface area contributed by atoms with E-state index in [0.717, 1.165) is 25.9 Å². The Labute approximate surface area is 140 Å². The normalized spacial score (nSPS) is 17.1. The van der Waals surface area contributed by atoms with Gasteiger partial charge in [0.15, 0.2) is 0 Å². The Balaban J connectivity index is 1.41. The van der Waals surface area contributed by atoms with Crippen molar-refractivity contribution >= 4 is 23.2 Å². The van der Waals surface area contributed by atoms with Gasteiger partial charge in [-0.15, -0.1) is 11.3 Å². The van der Waals surface area contributed by atoms with Gasteiger partial charge in [-0.1, -0.05) is 6.07 Å². The van der Waals surface area contributed by atoms with Gasteiger partial charge in [0.25, 0.3) is 5.91 Å². The maximum absolute atomic E-state index is 11.7. The molecule has 2 rings (SSSR count). The first-order chi connectivity index (χ1) is 11.3. The van der Waals surface area contributed by atoms with Gasteiger partial charge >= 0.3 is 0 Å². The van der Waals surface area contributed by atoms with Gasteiger partial charge in [0, 0.05) is 32.7 Å². The van der Waals surface area contributed by atoms with Crippen LogP contribution in [0.3, 0.4) is 0 Å². The Morgan fingerprint density at radius 2 is 2.26 bits per heavy atom. The highest BCUT2D eigenvalue weighted by Crippen LogP contribution is 2.11. The second-order valence-electron chi connectivity index (χ2n) is 5.40. The number of rotatable bonds is 10. The van der Waals surface area contributed by atoms with Crippen molar-refractivity contribution in [3.63, 3.8) is 0 Å². The average molecular weight is 340 g/mol. The highest BCUT2D eigenvalue weighted by molar-refractivity contribution is 7.12. The first-order valence-electron chi connectivity index (χ1n) is 8.03. The molecule has 1 aliphatic heterocycles. The number of amides is 2. The molecule has 1 aromatic rings. The lowest BCUT2D eigenvalue weighted by Crippen LogP contribution is -2.31. The molecule has 2 heterocycles. The maximum atomic E-state index is 11.7. The molecule has 1 fully saturated rings. The maximum Gasteiger partial charge on any atom is 0.261 e. The van der Waals surface area contributed by atoms with Crippen LogP contribution in [-0.2, 0) is 14.3 Å². The lowest BCUT2D eigenvalue weighted by molar-refractivity contribution is -0.121. The molecule has 0 spiro atoms. The molecule has 0 unspecified atom stereocenters. The van der Waals surface area contributed by atoms with Gasteiger partial charge in [-0.05, 0) is 30.7 Å². The third-order valence-corrected chi connectivity index (χ3v) is 4.37. The molecule has 0 aromatic carbocycles. The zero-order chi connectivity index (χ0) is 16.3. The Morgan fingerprint density at radius 1 is 1.35 bits per heavy atom. The minimum atomic E-state index is -0.129. The summed E-state index contributed by atoms with van der Waals surface area (Å²) in [6.07, 6.45) is 3.51. The van der Waals surface area contributed by atoms with Crippen molar-refractivity contribution in [3.05, 3.63) is 22.4 Å². The zero-order valence-electron chi connectivity index (χ0n) is 13.2. The van der Waals surface area contributed by atoms with Crippen LogP contribution in [0.25, 0.3) is 0 Å². The van der Waals surface area contributed by atoms with Crippen molar-refractivity contribution in [1.29, 1.82) is 0 Å². The number of ether oxygens (including phenoxy) is 2. The van der Waals surface area contributed by atoms with Crippen molar-refractivity contribution in [1.82, 2.24) is 10.6 Å². The van der Waals surface area contributed by atoms with Crippen molar-refractivity contribution in [2.24, 2.45) is 0 Å². The predicted octanol–water partition coefficient (Wildman–Crippen LogP) is 1.57. The van der Waals surface area contributed by atoms with E-state index in [9.17, 15) is 9.59 Å². The number of carbonyl (C=O) groups excluding carboxylic acids is 2. The van der Waals surface area contributed by atoms with E-state index in [4.69, 9.17) is 9.47 Å². The van der Waals surface area contributed by atoms with Crippen LogP contribution < -0.4 is 10.6 Å². The Bertz CT molecular complexity index is 472. The third-order valence-electron chi connectivity index (χ3n) is 3.50. The molecular formula is C16H24N2O4S. The molecule has 0 aliphatic carbocycles. The number of hydrogen-bond donors (Lipinski definition) is 2. The van der Waals surface area contributed by atoms with Crippen LogP contribution in [0.4, 0.5) is 0 Å². The Kier molecular flexibility index (Phi) is 8.06. The monoisotopic (exact) mass is 340 g/mol. The Morgan fingerprint density at radius 3 is 3.00 bits per heavy atom. The SMILES string of the molecule is O=C(CCNC(=O)c1cccs1)NCCCOC[C@@H]1CCCO1. The highest BCUT2D eigenvalue weighted by Gasteiger charge is 2.14. The lowest BCUT2D eigenvalue weighted by Gasteiger charge is -2.10. The molecule has 0 saturated carbocycles. The number of nitrogens with one attached hydrogen (secondary N) is 2. The summed E-state index contributed by atoms with van der Waals surface area (Å²) in [5.74, 6) is -0.189.